The van der Waals surface area contributed by atoms with Gasteiger partial charge in [0.05, 0.1) is 0 Å². The lowest BCUT2D eigenvalue weighted by molar-refractivity contribution is -0.141. The maximum absolute atomic E-state index is 13.3. The van der Waals surface area contributed by atoms with E-state index in [2.05, 4.69) is 9.97 Å². The van der Waals surface area contributed by atoms with Crippen molar-refractivity contribution in [1.82, 2.24) is 9.97 Å². The summed E-state index contributed by atoms with van der Waals surface area (Å²) >= 11 is 0. The normalized spacial score (nSPS) is 12.1. The number of rotatable bonds is 4. The summed E-state index contributed by atoms with van der Waals surface area (Å²) in [5.41, 5.74) is 0.545. The Bertz CT molecular complexity index is 943. The molecule has 1 N–H and O–H groups in total. The molecule has 0 aliphatic heterocycles. The van der Waals surface area contributed by atoms with Crippen LogP contribution in [0.5, 0.6) is 0 Å². The van der Waals surface area contributed by atoms with Crippen LogP contribution in [-0.2, 0) is 11.6 Å². The average molecular weight is 378 g/mol. The second kappa shape index (κ2) is 7.00. The molecule has 28 heavy (non-hydrogen) atoms. The van der Waals surface area contributed by atoms with Gasteiger partial charge in [-0.15, -0.1) is 0 Å². The van der Waals surface area contributed by atoms with E-state index in [-0.39, 0.29) is 5.82 Å². The van der Waals surface area contributed by atoms with E-state index in [0.29, 0.717) is 0 Å². The molecule has 0 saturated carbocycles. The number of hydrogen-bond donors (Lipinski definition) is 1. The first-order valence-electron chi connectivity index (χ1n) is 8.82. The first kappa shape index (κ1) is 18.0. The average Bonchev–Trinajstić information content (AvgIpc) is 3.22. The Balaban J connectivity index is 2.09. The van der Waals surface area contributed by atoms with Crippen LogP contribution in [0, 0.1) is 0 Å². The third kappa shape index (κ3) is 2.99. The highest BCUT2D eigenvalue weighted by molar-refractivity contribution is 5.56. The third-order valence-corrected chi connectivity index (χ3v) is 4.84. The van der Waals surface area contributed by atoms with Crippen LogP contribution >= 0.6 is 0 Å². The predicted molar refractivity (Wildman–Crippen MR) is 102 cm³/mol. The number of nitrogens with one attached hydrogen (secondary N) is 1. The molecule has 4 rings (SSSR count). The summed E-state index contributed by atoms with van der Waals surface area (Å²) in [5, 5.41) is 0. The molecule has 0 bridgehead atoms. The van der Waals surface area contributed by atoms with Gasteiger partial charge in [0.1, 0.15) is 11.2 Å². The Kier molecular flexibility index (Phi) is 4.51. The van der Waals surface area contributed by atoms with Crippen molar-refractivity contribution in [2.45, 2.75) is 11.6 Å². The number of nitrogens with zero attached hydrogens (tertiary/aromatic N) is 1. The van der Waals surface area contributed by atoms with Crippen molar-refractivity contribution in [2.24, 2.45) is 0 Å². The molecule has 2 nitrogen and oxygen atoms in total. The highest BCUT2D eigenvalue weighted by atomic mass is 19.4. The second-order valence-corrected chi connectivity index (χ2v) is 6.48. The first-order chi connectivity index (χ1) is 13.5. The lowest BCUT2D eigenvalue weighted by Gasteiger charge is -2.34. The van der Waals surface area contributed by atoms with Crippen LogP contribution in [0.25, 0.3) is 0 Å². The van der Waals surface area contributed by atoms with Gasteiger partial charge in [0.15, 0.2) is 5.69 Å². The number of imidazole rings is 1. The zero-order valence-electron chi connectivity index (χ0n) is 14.8. The molecule has 0 saturated heterocycles. The molecule has 5 heteroatoms. The maximum atomic E-state index is 13.3. The van der Waals surface area contributed by atoms with E-state index >= 15 is 0 Å². The summed E-state index contributed by atoms with van der Waals surface area (Å²) in [6.07, 6.45) is -3.59. The van der Waals surface area contributed by atoms with Crippen molar-refractivity contribution in [2.75, 3.05) is 0 Å². The van der Waals surface area contributed by atoms with Crippen molar-refractivity contribution in [3.8, 4) is 0 Å². The van der Waals surface area contributed by atoms with Gasteiger partial charge in [-0.3, -0.25) is 0 Å². The third-order valence-electron chi connectivity index (χ3n) is 4.84. The largest absolute Gasteiger partial charge is 0.434 e. The number of halogens is 3. The molecule has 0 aliphatic rings. The van der Waals surface area contributed by atoms with Crippen molar-refractivity contribution in [3.63, 3.8) is 0 Å². The highest BCUT2D eigenvalue weighted by Gasteiger charge is 2.43. The van der Waals surface area contributed by atoms with Crippen LogP contribution in [0.1, 0.15) is 28.2 Å². The van der Waals surface area contributed by atoms with Crippen LogP contribution in [0.3, 0.4) is 0 Å². The number of alkyl halides is 3. The lowest BCUT2D eigenvalue weighted by Crippen LogP contribution is -2.32. The fourth-order valence-corrected chi connectivity index (χ4v) is 3.63. The molecule has 0 amide bonds. The zero-order valence-corrected chi connectivity index (χ0v) is 14.8. The minimum absolute atomic E-state index is 0.225. The van der Waals surface area contributed by atoms with E-state index in [1.54, 1.807) is 0 Å². The Hall–Kier alpha value is -3.34. The maximum Gasteiger partial charge on any atom is 0.434 e. The van der Waals surface area contributed by atoms with Gasteiger partial charge in [-0.1, -0.05) is 91.0 Å². The fraction of sp³-hybridized carbons (Fsp3) is 0.0870. The molecule has 0 atom stereocenters. The molecule has 0 radical (unpaired) electrons. The monoisotopic (exact) mass is 378 g/mol. The smallest absolute Gasteiger partial charge is 0.347 e. The summed E-state index contributed by atoms with van der Waals surface area (Å²) < 4.78 is 39.9. The fourth-order valence-electron chi connectivity index (χ4n) is 3.63. The van der Waals surface area contributed by atoms with Crippen molar-refractivity contribution in [1.29, 1.82) is 0 Å². The van der Waals surface area contributed by atoms with Gasteiger partial charge < -0.3 is 4.98 Å². The van der Waals surface area contributed by atoms with Crippen LogP contribution in [0.4, 0.5) is 13.2 Å². The quantitative estimate of drug-likeness (QED) is 0.446. The number of aromatic nitrogens is 2. The summed E-state index contributed by atoms with van der Waals surface area (Å²) in [6.45, 7) is 0. The number of hydrogen-bond acceptors (Lipinski definition) is 1. The van der Waals surface area contributed by atoms with Crippen molar-refractivity contribution in [3.05, 3.63) is 125 Å². The van der Waals surface area contributed by atoms with E-state index in [1.165, 1.54) is 0 Å². The lowest BCUT2D eigenvalue weighted by atomic mass is 9.69. The van der Waals surface area contributed by atoms with Crippen molar-refractivity contribution < 1.29 is 13.2 Å². The molecule has 3 aromatic carbocycles. The van der Waals surface area contributed by atoms with Crippen LogP contribution in [-0.4, -0.2) is 9.97 Å². The topological polar surface area (TPSA) is 28.7 Å². The molecule has 0 fully saturated rings. The minimum atomic E-state index is -4.52. The van der Waals surface area contributed by atoms with Gasteiger partial charge in [-0.2, -0.15) is 13.2 Å². The molecule has 0 aliphatic carbocycles. The Morgan fingerprint density at radius 2 is 1.00 bits per heavy atom. The molecular weight excluding hydrogens is 361 g/mol. The molecule has 4 aromatic rings. The minimum Gasteiger partial charge on any atom is -0.347 e. The van der Waals surface area contributed by atoms with Gasteiger partial charge in [0.2, 0.25) is 0 Å². The Morgan fingerprint density at radius 1 is 0.607 bits per heavy atom. The van der Waals surface area contributed by atoms with E-state index in [9.17, 15) is 13.2 Å². The predicted octanol–water partition coefficient (Wildman–Crippen LogP) is 5.81. The molecule has 0 spiro atoms. The number of H-pyrrole nitrogens is 1. The summed E-state index contributed by atoms with van der Waals surface area (Å²) in [6, 6.07) is 28.4. The zero-order chi connectivity index (χ0) is 19.6. The van der Waals surface area contributed by atoms with Gasteiger partial charge in [-0.25, -0.2) is 4.98 Å². The van der Waals surface area contributed by atoms with Crippen LogP contribution in [0.15, 0.2) is 97.2 Å². The van der Waals surface area contributed by atoms with Gasteiger partial charge in [-0.05, 0) is 16.7 Å². The van der Waals surface area contributed by atoms with E-state index in [4.69, 9.17) is 0 Å². The summed E-state index contributed by atoms with van der Waals surface area (Å²) in [5.74, 6) is 0.225. The number of benzene rings is 3. The van der Waals surface area contributed by atoms with Crippen molar-refractivity contribution >= 4 is 0 Å². The molecule has 140 valence electrons. The Morgan fingerprint density at radius 3 is 1.32 bits per heavy atom. The molecule has 1 aromatic heterocycles. The highest BCUT2D eigenvalue weighted by Crippen LogP contribution is 2.44. The first-order valence-corrected chi connectivity index (χ1v) is 8.82. The summed E-state index contributed by atoms with van der Waals surface area (Å²) in [7, 11) is 0. The second-order valence-electron chi connectivity index (χ2n) is 6.48. The standard InChI is InChI=1S/C23H17F3N2/c24-23(25,26)20-16-27-21(28-20)22(17-10-4-1-5-11-17,18-12-6-2-7-13-18)19-14-8-3-9-15-19/h1-16H,(H,27,28). The molecular formula is C23H17F3N2. The van der Waals surface area contributed by atoms with E-state index in [0.717, 1.165) is 22.9 Å². The van der Waals surface area contributed by atoms with Gasteiger partial charge in [0, 0.05) is 6.20 Å². The van der Waals surface area contributed by atoms with Crippen LogP contribution < -0.4 is 0 Å². The SMILES string of the molecule is FC(F)(F)c1c[nH]c(C(c2ccccc2)(c2ccccc2)c2ccccc2)n1. The molecule has 0 unspecified atom stereocenters. The van der Waals surface area contributed by atoms with E-state index < -0.39 is 17.3 Å². The number of aromatic amines is 1. The summed E-state index contributed by atoms with van der Waals surface area (Å²) in [4.78, 5) is 6.82. The van der Waals surface area contributed by atoms with Gasteiger partial charge in [0.25, 0.3) is 0 Å². The molecule has 1 heterocycles. The van der Waals surface area contributed by atoms with Gasteiger partial charge >= 0.3 is 6.18 Å². The van der Waals surface area contributed by atoms with E-state index in [1.807, 2.05) is 91.0 Å². The van der Waals surface area contributed by atoms with Crippen LogP contribution in [0.2, 0.25) is 0 Å². The Labute approximate surface area is 160 Å².